The third-order valence-electron chi connectivity index (χ3n) is 2.37. The van der Waals surface area contributed by atoms with Crippen molar-refractivity contribution in [3.05, 3.63) is 42.0 Å². The van der Waals surface area contributed by atoms with Gasteiger partial charge in [0.2, 0.25) is 0 Å². The molecule has 1 aromatic carbocycles. The number of alkyl halides is 1. The first-order chi connectivity index (χ1) is 7.36. The topological polar surface area (TPSA) is 30.7 Å². The van der Waals surface area contributed by atoms with Crippen molar-refractivity contribution in [3.63, 3.8) is 0 Å². The van der Waals surface area contributed by atoms with Gasteiger partial charge in [0.25, 0.3) is 0 Å². The van der Waals surface area contributed by atoms with Crippen LogP contribution >= 0.6 is 11.6 Å². The van der Waals surface area contributed by atoms with Gasteiger partial charge in [-0.05, 0) is 18.1 Å². The Kier molecular flexibility index (Phi) is 3.02. The lowest BCUT2D eigenvalue weighted by Crippen LogP contribution is -2.01. The van der Waals surface area contributed by atoms with Crippen LogP contribution in [0.2, 0.25) is 0 Å². The SMILES string of the molecule is CCc1ccccc1-n1cnnc1CCl. The van der Waals surface area contributed by atoms with Crippen LogP contribution in [-0.2, 0) is 12.3 Å². The van der Waals surface area contributed by atoms with Crippen LogP contribution < -0.4 is 0 Å². The summed E-state index contributed by atoms with van der Waals surface area (Å²) in [4.78, 5) is 0. The molecule has 0 atom stereocenters. The molecule has 0 aliphatic rings. The summed E-state index contributed by atoms with van der Waals surface area (Å²) >= 11 is 5.80. The molecule has 0 aliphatic carbocycles. The molecule has 0 radical (unpaired) electrons. The van der Waals surface area contributed by atoms with Crippen molar-refractivity contribution in [1.29, 1.82) is 0 Å². The van der Waals surface area contributed by atoms with Gasteiger partial charge in [-0.1, -0.05) is 25.1 Å². The first-order valence-electron chi connectivity index (χ1n) is 4.90. The van der Waals surface area contributed by atoms with E-state index in [1.54, 1.807) is 6.33 Å². The van der Waals surface area contributed by atoms with E-state index in [9.17, 15) is 0 Å². The van der Waals surface area contributed by atoms with Crippen molar-refractivity contribution in [3.8, 4) is 5.69 Å². The summed E-state index contributed by atoms with van der Waals surface area (Å²) in [6, 6.07) is 8.20. The standard InChI is InChI=1S/C11H12ClN3/c1-2-9-5-3-4-6-10(9)15-8-13-14-11(15)7-12/h3-6,8H,2,7H2,1H3. The molecule has 0 bridgehead atoms. The minimum Gasteiger partial charge on any atom is -0.284 e. The van der Waals surface area contributed by atoms with Crippen molar-refractivity contribution in [2.75, 3.05) is 0 Å². The average Bonchev–Trinajstić information content (AvgIpc) is 2.76. The van der Waals surface area contributed by atoms with Crippen molar-refractivity contribution >= 4 is 11.6 Å². The zero-order valence-electron chi connectivity index (χ0n) is 8.52. The van der Waals surface area contributed by atoms with Gasteiger partial charge in [-0.25, -0.2) is 0 Å². The van der Waals surface area contributed by atoms with Crippen LogP contribution in [0.3, 0.4) is 0 Å². The van der Waals surface area contributed by atoms with Crippen LogP contribution in [0.25, 0.3) is 5.69 Å². The molecule has 1 heterocycles. The lowest BCUT2D eigenvalue weighted by atomic mass is 10.1. The van der Waals surface area contributed by atoms with Crippen molar-refractivity contribution in [2.45, 2.75) is 19.2 Å². The molecular formula is C11H12ClN3. The summed E-state index contributed by atoms with van der Waals surface area (Å²) in [7, 11) is 0. The van der Waals surface area contributed by atoms with Gasteiger partial charge in [-0.3, -0.25) is 4.57 Å². The Balaban J connectivity index is 2.53. The number of aryl methyl sites for hydroxylation is 1. The van der Waals surface area contributed by atoms with E-state index in [-0.39, 0.29) is 0 Å². The fraction of sp³-hybridized carbons (Fsp3) is 0.273. The summed E-state index contributed by atoms with van der Waals surface area (Å²) < 4.78 is 1.94. The lowest BCUT2D eigenvalue weighted by Gasteiger charge is -2.09. The molecular weight excluding hydrogens is 210 g/mol. The number of halogens is 1. The Bertz CT molecular complexity index is 451. The zero-order valence-corrected chi connectivity index (χ0v) is 9.28. The quantitative estimate of drug-likeness (QED) is 0.746. The first kappa shape index (κ1) is 10.2. The molecule has 3 nitrogen and oxygen atoms in total. The average molecular weight is 222 g/mol. The first-order valence-corrected chi connectivity index (χ1v) is 5.43. The van der Waals surface area contributed by atoms with Crippen LogP contribution in [-0.4, -0.2) is 14.8 Å². The van der Waals surface area contributed by atoms with E-state index in [1.165, 1.54) is 5.56 Å². The van der Waals surface area contributed by atoms with Crippen molar-refractivity contribution in [2.24, 2.45) is 0 Å². The number of hydrogen-bond acceptors (Lipinski definition) is 2. The number of aromatic nitrogens is 3. The second-order valence-corrected chi connectivity index (χ2v) is 3.50. The van der Waals surface area contributed by atoms with Crippen LogP contribution in [0, 0.1) is 0 Å². The Hall–Kier alpha value is -1.35. The summed E-state index contributed by atoms with van der Waals surface area (Å²) in [5, 5.41) is 7.84. The van der Waals surface area contributed by atoms with E-state index in [1.807, 2.05) is 16.7 Å². The van der Waals surface area contributed by atoms with Crippen LogP contribution in [0.5, 0.6) is 0 Å². The number of nitrogens with zero attached hydrogens (tertiary/aromatic N) is 3. The Labute approximate surface area is 93.7 Å². The number of benzene rings is 1. The highest BCUT2D eigenvalue weighted by atomic mass is 35.5. The van der Waals surface area contributed by atoms with Crippen LogP contribution in [0.1, 0.15) is 18.3 Å². The summed E-state index contributed by atoms with van der Waals surface area (Å²) in [5.74, 6) is 1.15. The molecule has 2 rings (SSSR count). The summed E-state index contributed by atoms with van der Waals surface area (Å²) in [6.45, 7) is 2.13. The molecule has 0 aliphatic heterocycles. The van der Waals surface area contributed by atoms with Crippen LogP contribution in [0.15, 0.2) is 30.6 Å². The molecule has 0 unspecified atom stereocenters. The second kappa shape index (κ2) is 4.45. The third-order valence-corrected chi connectivity index (χ3v) is 2.61. The van der Waals surface area contributed by atoms with E-state index in [4.69, 9.17) is 11.6 Å². The molecule has 0 spiro atoms. The molecule has 0 saturated carbocycles. The fourth-order valence-corrected chi connectivity index (χ4v) is 1.78. The monoisotopic (exact) mass is 221 g/mol. The Morgan fingerprint density at radius 2 is 2.13 bits per heavy atom. The van der Waals surface area contributed by atoms with E-state index < -0.39 is 0 Å². The van der Waals surface area contributed by atoms with E-state index in [0.717, 1.165) is 17.9 Å². The minimum atomic E-state index is 0.373. The van der Waals surface area contributed by atoms with E-state index in [2.05, 4.69) is 29.3 Å². The third kappa shape index (κ3) is 1.88. The van der Waals surface area contributed by atoms with Gasteiger partial charge in [0, 0.05) is 0 Å². The molecule has 78 valence electrons. The van der Waals surface area contributed by atoms with Crippen LogP contribution in [0.4, 0.5) is 0 Å². The van der Waals surface area contributed by atoms with Crippen molar-refractivity contribution < 1.29 is 0 Å². The zero-order chi connectivity index (χ0) is 10.7. The minimum absolute atomic E-state index is 0.373. The van der Waals surface area contributed by atoms with Gasteiger partial charge in [0.1, 0.15) is 6.33 Å². The molecule has 0 saturated heterocycles. The number of hydrogen-bond donors (Lipinski definition) is 0. The predicted octanol–water partition coefficient (Wildman–Crippen LogP) is 2.57. The van der Waals surface area contributed by atoms with Gasteiger partial charge < -0.3 is 0 Å². The van der Waals surface area contributed by atoms with Gasteiger partial charge in [0.05, 0.1) is 11.6 Å². The normalized spacial score (nSPS) is 10.5. The molecule has 0 N–H and O–H groups in total. The highest BCUT2D eigenvalue weighted by Gasteiger charge is 2.07. The number of para-hydroxylation sites is 1. The maximum Gasteiger partial charge on any atom is 0.152 e. The Morgan fingerprint density at radius 1 is 1.33 bits per heavy atom. The number of rotatable bonds is 3. The lowest BCUT2D eigenvalue weighted by molar-refractivity contribution is 0.930. The Morgan fingerprint density at radius 3 is 2.87 bits per heavy atom. The summed E-state index contributed by atoms with van der Waals surface area (Å²) in [5.41, 5.74) is 2.38. The maximum atomic E-state index is 5.80. The van der Waals surface area contributed by atoms with Crippen molar-refractivity contribution in [1.82, 2.24) is 14.8 Å². The largest absolute Gasteiger partial charge is 0.284 e. The predicted molar refractivity (Wildman–Crippen MR) is 60.3 cm³/mol. The van der Waals surface area contributed by atoms with Gasteiger partial charge in [-0.2, -0.15) is 0 Å². The highest BCUT2D eigenvalue weighted by molar-refractivity contribution is 6.16. The van der Waals surface area contributed by atoms with E-state index in [0.29, 0.717) is 5.88 Å². The second-order valence-electron chi connectivity index (χ2n) is 3.23. The highest BCUT2D eigenvalue weighted by Crippen LogP contribution is 2.16. The molecule has 4 heteroatoms. The fourth-order valence-electron chi connectivity index (χ4n) is 1.60. The van der Waals surface area contributed by atoms with Gasteiger partial charge in [-0.15, -0.1) is 21.8 Å². The molecule has 15 heavy (non-hydrogen) atoms. The van der Waals surface area contributed by atoms with Gasteiger partial charge >= 0.3 is 0 Å². The molecule has 0 amide bonds. The molecule has 0 fully saturated rings. The molecule has 2 aromatic rings. The van der Waals surface area contributed by atoms with E-state index >= 15 is 0 Å². The molecule has 1 aromatic heterocycles. The smallest absolute Gasteiger partial charge is 0.152 e. The summed E-state index contributed by atoms with van der Waals surface area (Å²) in [6.07, 6.45) is 2.68. The maximum absolute atomic E-state index is 5.80. The van der Waals surface area contributed by atoms with Gasteiger partial charge in [0.15, 0.2) is 5.82 Å².